The maximum atomic E-state index is 12.7. The molecule has 0 fully saturated rings. The molecule has 0 heterocycles. The molecule has 0 N–H and O–H groups in total. The van der Waals surface area contributed by atoms with Gasteiger partial charge in [0.05, 0.1) is 6.61 Å². The van der Waals surface area contributed by atoms with Crippen LogP contribution in [0.1, 0.15) is 18.9 Å². The Labute approximate surface area is 109 Å². The third kappa shape index (κ3) is 5.63. The number of ether oxygens (including phenoxy) is 2. The van der Waals surface area contributed by atoms with Crippen LogP contribution in [0.3, 0.4) is 0 Å². The van der Waals surface area contributed by atoms with Gasteiger partial charge in [0.2, 0.25) is 0 Å². The number of alkyl halides is 3. The highest BCUT2D eigenvalue weighted by Gasteiger charge is 2.20. The number of carbonyl (C=O) groups excluding carboxylic acids is 1. The van der Waals surface area contributed by atoms with Gasteiger partial charge in [-0.2, -0.15) is 4.39 Å². The molecule has 0 aliphatic heterocycles. The van der Waals surface area contributed by atoms with E-state index >= 15 is 0 Å². The van der Waals surface area contributed by atoms with E-state index in [-0.39, 0.29) is 18.1 Å². The van der Waals surface area contributed by atoms with E-state index in [1.807, 2.05) is 0 Å². The van der Waals surface area contributed by atoms with Crippen LogP contribution < -0.4 is 4.74 Å². The molecule has 19 heavy (non-hydrogen) atoms. The SMILES string of the molecule is CCOC(=O)CCc1cccc(OC(F)C(F)F)c1. The molecule has 3 nitrogen and oxygen atoms in total. The summed E-state index contributed by atoms with van der Waals surface area (Å²) in [7, 11) is 0. The van der Waals surface area contributed by atoms with Gasteiger partial charge in [-0.15, -0.1) is 0 Å². The molecule has 1 unspecified atom stereocenters. The van der Waals surface area contributed by atoms with Gasteiger partial charge in [0.15, 0.2) is 0 Å². The van der Waals surface area contributed by atoms with E-state index in [2.05, 4.69) is 4.74 Å². The van der Waals surface area contributed by atoms with Crippen LogP contribution in [-0.2, 0) is 16.0 Å². The van der Waals surface area contributed by atoms with Crippen molar-refractivity contribution >= 4 is 5.97 Å². The maximum Gasteiger partial charge on any atom is 0.306 e. The highest BCUT2D eigenvalue weighted by atomic mass is 19.3. The molecule has 0 saturated carbocycles. The van der Waals surface area contributed by atoms with Crippen molar-refractivity contribution in [1.29, 1.82) is 0 Å². The Morgan fingerprint density at radius 1 is 1.32 bits per heavy atom. The maximum absolute atomic E-state index is 12.7. The summed E-state index contributed by atoms with van der Waals surface area (Å²) in [6.45, 7) is 2.01. The van der Waals surface area contributed by atoms with Crippen LogP contribution in [0.15, 0.2) is 24.3 Å². The first-order chi connectivity index (χ1) is 9.02. The van der Waals surface area contributed by atoms with Crippen molar-refractivity contribution in [3.05, 3.63) is 29.8 Å². The molecule has 0 bridgehead atoms. The second-order valence-electron chi connectivity index (χ2n) is 3.76. The normalized spacial score (nSPS) is 12.3. The molecular formula is C13H15F3O3. The minimum absolute atomic E-state index is 0.00848. The Kier molecular flexibility index (Phi) is 6.18. The van der Waals surface area contributed by atoms with Crippen LogP contribution in [0, 0.1) is 0 Å². The number of carbonyl (C=O) groups is 1. The number of esters is 1. The standard InChI is InChI=1S/C13H15F3O3/c1-2-18-11(17)7-6-9-4-3-5-10(8-9)19-13(16)12(14)15/h3-5,8,12-13H,2,6-7H2,1H3. The van der Waals surface area contributed by atoms with E-state index in [9.17, 15) is 18.0 Å². The van der Waals surface area contributed by atoms with Gasteiger partial charge < -0.3 is 9.47 Å². The van der Waals surface area contributed by atoms with Crippen LogP contribution in [0.2, 0.25) is 0 Å². The summed E-state index contributed by atoms with van der Waals surface area (Å²) in [5, 5.41) is 0. The number of hydrogen-bond donors (Lipinski definition) is 0. The fourth-order valence-corrected chi connectivity index (χ4v) is 1.44. The highest BCUT2D eigenvalue weighted by molar-refractivity contribution is 5.69. The van der Waals surface area contributed by atoms with Crippen molar-refractivity contribution in [1.82, 2.24) is 0 Å². The fourth-order valence-electron chi connectivity index (χ4n) is 1.44. The van der Waals surface area contributed by atoms with Gasteiger partial charge >= 0.3 is 12.4 Å². The zero-order valence-corrected chi connectivity index (χ0v) is 10.4. The summed E-state index contributed by atoms with van der Waals surface area (Å²) < 4.78 is 45.9. The quantitative estimate of drug-likeness (QED) is 0.718. The van der Waals surface area contributed by atoms with Gasteiger partial charge in [0.1, 0.15) is 5.75 Å². The van der Waals surface area contributed by atoms with Gasteiger partial charge in [-0.1, -0.05) is 12.1 Å². The number of rotatable bonds is 7. The van der Waals surface area contributed by atoms with Gasteiger partial charge in [-0.05, 0) is 31.0 Å². The van der Waals surface area contributed by atoms with Gasteiger partial charge in [-0.3, -0.25) is 4.79 Å². The largest absolute Gasteiger partial charge is 0.466 e. The van der Waals surface area contributed by atoms with Gasteiger partial charge in [-0.25, -0.2) is 8.78 Å². The Hall–Kier alpha value is -1.72. The summed E-state index contributed by atoms with van der Waals surface area (Å²) in [6.07, 6.45) is -5.30. The van der Waals surface area contributed by atoms with E-state index in [1.54, 1.807) is 19.1 Å². The molecule has 1 aromatic carbocycles. The van der Waals surface area contributed by atoms with Crippen molar-refractivity contribution < 1.29 is 27.4 Å². The lowest BCUT2D eigenvalue weighted by molar-refractivity contribution is -0.143. The first kappa shape index (κ1) is 15.3. The average molecular weight is 276 g/mol. The molecule has 0 amide bonds. The van der Waals surface area contributed by atoms with Crippen molar-refractivity contribution in [3.63, 3.8) is 0 Å². The zero-order valence-electron chi connectivity index (χ0n) is 10.4. The first-order valence-corrected chi connectivity index (χ1v) is 5.86. The molecule has 0 aliphatic carbocycles. The van der Waals surface area contributed by atoms with Crippen molar-refractivity contribution in [2.75, 3.05) is 6.61 Å². The van der Waals surface area contributed by atoms with Crippen molar-refractivity contribution in [2.24, 2.45) is 0 Å². The summed E-state index contributed by atoms with van der Waals surface area (Å²) in [4.78, 5) is 11.2. The summed E-state index contributed by atoms with van der Waals surface area (Å²) in [5.74, 6) is -0.334. The number of aryl methyl sites for hydroxylation is 1. The molecule has 0 radical (unpaired) electrons. The molecule has 0 saturated heterocycles. The lowest BCUT2D eigenvalue weighted by atomic mass is 10.1. The smallest absolute Gasteiger partial charge is 0.306 e. The summed E-state index contributed by atoms with van der Waals surface area (Å²) in [6, 6.07) is 6.05. The molecule has 6 heteroatoms. The molecule has 1 rings (SSSR count). The second-order valence-corrected chi connectivity index (χ2v) is 3.76. The topological polar surface area (TPSA) is 35.5 Å². The zero-order chi connectivity index (χ0) is 14.3. The van der Waals surface area contributed by atoms with Crippen LogP contribution in [0.4, 0.5) is 13.2 Å². The molecule has 1 atom stereocenters. The Morgan fingerprint density at radius 2 is 2.05 bits per heavy atom. The predicted octanol–water partition coefficient (Wildman–Crippen LogP) is 3.12. The average Bonchev–Trinajstić information content (AvgIpc) is 2.37. The van der Waals surface area contributed by atoms with E-state index in [0.29, 0.717) is 18.6 Å². The lowest BCUT2D eigenvalue weighted by Gasteiger charge is -2.11. The Bertz CT molecular complexity index is 410. The number of benzene rings is 1. The van der Waals surface area contributed by atoms with Crippen LogP contribution in [0.5, 0.6) is 5.75 Å². The fraction of sp³-hybridized carbons (Fsp3) is 0.462. The van der Waals surface area contributed by atoms with Crippen LogP contribution in [0.25, 0.3) is 0 Å². The Balaban J connectivity index is 2.54. The predicted molar refractivity (Wildman–Crippen MR) is 62.9 cm³/mol. The third-order valence-electron chi connectivity index (χ3n) is 2.27. The van der Waals surface area contributed by atoms with Crippen molar-refractivity contribution in [3.8, 4) is 5.75 Å². The molecule has 1 aromatic rings. The molecule has 106 valence electrons. The lowest BCUT2D eigenvalue weighted by Crippen LogP contribution is -2.19. The monoisotopic (exact) mass is 276 g/mol. The van der Waals surface area contributed by atoms with E-state index in [0.717, 1.165) is 0 Å². The van der Waals surface area contributed by atoms with E-state index < -0.39 is 12.8 Å². The number of hydrogen-bond acceptors (Lipinski definition) is 3. The minimum atomic E-state index is -3.19. The van der Waals surface area contributed by atoms with E-state index in [1.165, 1.54) is 12.1 Å². The summed E-state index contributed by atoms with van der Waals surface area (Å²) in [5.41, 5.74) is 0.687. The minimum Gasteiger partial charge on any atom is -0.466 e. The third-order valence-corrected chi connectivity index (χ3v) is 2.27. The van der Waals surface area contributed by atoms with Gasteiger partial charge in [0.25, 0.3) is 6.36 Å². The second kappa shape index (κ2) is 7.66. The van der Waals surface area contributed by atoms with Crippen molar-refractivity contribution in [2.45, 2.75) is 32.5 Å². The van der Waals surface area contributed by atoms with Crippen LogP contribution >= 0.6 is 0 Å². The molecule has 0 aliphatic rings. The Morgan fingerprint density at radius 3 is 2.68 bits per heavy atom. The van der Waals surface area contributed by atoms with Crippen LogP contribution in [-0.4, -0.2) is 25.4 Å². The highest BCUT2D eigenvalue weighted by Crippen LogP contribution is 2.19. The molecule has 0 spiro atoms. The molecular weight excluding hydrogens is 261 g/mol. The molecule has 0 aromatic heterocycles. The summed E-state index contributed by atoms with van der Waals surface area (Å²) >= 11 is 0. The van der Waals surface area contributed by atoms with Gasteiger partial charge in [0, 0.05) is 6.42 Å². The number of halogens is 3. The first-order valence-electron chi connectivity index (χ1n) is 5.86. The van der Waals surface area contributed by atoms with E-state index in [4.69, 9.17) is 4.74 Å².